The summed E-state index contributed by atoms with van der Waals surface area (Å²) in [5.74, 6) is -1.53. The van der Waals surface area contributed by atoms with Crippen LogP contribution in [0, 0.1) is 0 Å². The lowest BCUT2D eigenvalue weighted by Crippen LogP contribution is -2.19. The Bertz CT molecular complexity index is 688. The van der Waals surface area contributed by atoms with Crippen molar-refractivity contribution in [2.24, 2.45) is 0 Å². The Hall–Kier alpha value is -1.93. The first kappa shape index (κ1) is 22.1. The first-order valence-corrected chi connectivity index (χ1v) is 10.1. The third kappa shape index (κ3) is 6.10. The largest absolute Gasteiger partial charge is 0.459 e. The second-order valence-corrected chi connectivity index (χ2v) is 7.33. The molecule has 0 fully saturated rings. The fourth-order valence-electron chi connectivity index (χ4n) is 2.33. The molecule has 0 atom stereocenters. The highest BCUT2D eigenvalue weighted by atomic mass is 32.2. The molecule has 0 saturated heterocycles. The van der Waals surface area contributed by atoms with Gasteiger partial charge in [0.2, 0.25) is 0 Å². The van der Waals surface area contributed by atoms with Crippen molar-refractivity contribution in [1.82, 2.24) is 0 Å². The molecule has 0 amide bonds. The zero-order valence-electron chi connectivity index (χ0n) is 15.5. The number of carbonyl (C=O) groups is 2. The minimum atomic E-state index is -4.61. The van der Waals surface area contributed by atoms with Crippen molar-refractivity contribution < 1.29 is 32.0 Å². The van der Waals surface area contributed by atoms with E-state index < -0.39 is 27.0 Å². The number of hydrogen-bond donors (Lipinski definition) is 1. The van der Waals surface area contributed by atoms with E-state index in [1.807, 2.05) is 27.7 Å². The third-order valence-corrected chi connectivity index (χ3v) is 4.88. The van der Waals surface area contributed by atoms with Gasteiger partial charge in [0.1, 0.15) is 12.2 Å². The van der Waals surface area contributed by atoms with Gasteiger partial charge < -0.3 is 9.47 Å². The monoisotopic (exact) mass is 386 g/mol. The van der Waals surface area contributed by atoms with Gasteiger partial charge in [0.25, 0.3) is 10.1 Å². The number of hydrogen-bond acceptors (Lipinski definition) is 6. The summed E-state index contributed by atoms with van der Waals surface area (Å²) in [6.45, 7) is 7.42. The predicted octanol–water partition coefficient (Wildman–Crippen LogP) is 3.62. The van der Waals surface area contributed by atoms with Crippen LogP contribution in [0.4, 0.5) is 0 Å². The quantitative estimate of drug-likeness (QED) is 0.510. The predicted molar refractivity (Wildman–Crippen MR) is 95.8 cm³/mol. The molecule has 0 aliphatic rings. The third-order valence-electron chi connectivity index (χ3n) is 4.04. The second kappa shape index (κ2) is 9.68. The minimum absolute atomic E-state index is 0.136. The van der Waals surface area contributed by atoms with Gasteiger partial charge in [0.05, 0.1) is 16.0 Å². The molecule has 0 heterocycles. The summed E-state index contributed by atoms with van der Waals surface area (Å²) in [6.07, 6.45) is 1.76. The fourth-order valence-corrected chi connectivity index (χ4v) is 2.88. The molecule has 0 saturated carbocycles. The molecule has 0 aliphatic carbocycles. The van der Waals surface area contributed by atoms with Gasteiger partial charge in [-0.3, -0.25) is 4.55 Å². The van der Waals surface area contributed by atoms with Gasteiger partial charge in [0.15, 0.2) is 0 Å². The number of rotatable bonds is 9. The van der Waals surface area contributed by atoms with Crippen LogP contribution in [0.25, 0.3) is 0 Å². The van der Waals surface area contributed by atoms with Crippen molar-refractivity contribution in [2.45, 2.75) is 70.5 Å². The van der Waals surface area contributed by atoms with Crippen LogP contribution in [-0.4, -0.2) is 37.1 Å². The Kier molecular flexibility index (Phi) is 8.23. The van der Waals surface area contributed by atoms with E-state index in [9.17, 15) is 22.6 Å². The summed E-state index contributed by atoms with van der Waals surface area (Å²) in [7, 11) is -4.61. The molecule has 0 spiro atoms. The number of ether oxygens (including phenoxy) is 2. The van der Waals surface area contributed by atoms with E-state index in [0.29, 0.717) is 25.7 Å². The maximum atomic E-state index is 12.3. The molecular weight excluding hydrogens is 360 g/mol. The Morgan fingerprint density at radius 3 is 1.46 bits per heavy atom. The van der Waals surface area contributed by atoms with Gasteiger partial charge in [-0.05, 0) is 43.9 Å². The lowest BCUT2D eigenvalue weighted by molar-refractivity contribution is 0.0282. The molecule has 0 bridgehead atoms. The molecule has 0 radical (unpaired) electrons. The molecule has 1 N–H and O–H groups in total. The maximum absolute atomic E-state index is 12.3. The van der Waals surface area contributed by atoms with Crippen molar-refractivity contribution in [3.8, 4) is 0 Å². The number of benzene rings is 1. The van der Waals surface area contributed by atoms with E-state index in [4.69, 9.17) is 9.47 Å². The van der Waals surface area contributed by atoms with Gasteiger partial charge in [-0.15, -0.1) is 0 Å². The van der Waals surface area contributed by atoms with Gasteiger partial charge in [-0.1, -0.05) is 27.7 Å². The van der Waals surface area contributed by atoms with Crippen molar-refractivity contribution >= 4 is 22.1 Å². The smallest absolute Gasteiger partial charge is 0.338 e. The maximum Gasteiger partial charge on any atom is 0.338 e. The number of carbonyl (C=O) groups excluding carboxylic acids is 2. The molecule has 1 rings (SSSR count). The Morgan fingerprint density at radius 2 is 1.19 bits per heavy atom. The highest BCUT2D eigenvalue weighted by molar-refractivity contribution is 7.85. The standard InChI is InChI=1S/C18H26O7S/c1-5-14(6-2)24-17(19)12-9-13(11-16(10-12)26(21,22)23)18(20)25-15(7-3)8-4/h9-11,14-15H,5-8H2,1-4H3,(H,21,22,23). The Morgan fingerprint density at radius 1 is 0.846 bits per heavy atom. The van der Waals surface area contributed by atoms with Gasteiger partial charge >= 0.3 is 11.9 Å². The normalized spacial score (nSPS) is 11.7. The second-order valence-electron chi connectivity index (χ2n) is 5.91. The average molecular weight is 386 g/mol. The summed E-state index contributed by atoms with van der Waals surface area (Å²) < 4.78 is 42.9. The van der Waals surface area contributed by atoms with Crippen molar-refractivity contribution in [3.05, 3.63) is 29.3 Å². The van der Waals surface area contributed by atoms with E-state index in [-0.39, 0.29) is 23.3 Å². The molecule has 0 unspecified atom stereocenters. The highest BCUT2D eigenvalue weighted by Gasteiger charge is 2.22. The molecule has 26 heavy (non-hydrogen) atoms. The minimum Gasteiger partial charge on any atom is -0.459 e. The van der Waals surface area contributed by atoms with Crippen molar-refractivity contribution in [2.75, 3.05) is 0 Å². The van der Waals surface area contributed by atoms with Crippen LogP contribution in [-0.2, 0) is 19.6 Å². The van der Waals surface area contributed by atoms with Crippen LogP contribution >= 0.6 is 0 Å². The first-order valence-electron chi connectivity index (χ1n) is 8.70. The van der Waals surface area contributed by atoms with Crippen LogP contribution in [0.5, 0.6) is 0 Å². The van der Waals surface area contributed by atoms with Crippen molar-refractivity contribution in [1.29, 1.82) is 0 Å². The molecule has 146 valence electrons. The zero-order valence-corrected chi connectivity index (χ0v) is 16.3. The van der Waals surface area contributed by atoms with Crippen LogP contribution in [0.1, 0.15) is 74.1 Å². The SMILES string of the molecule is CCC(CC)OC(=O)c1cc(C(=O)OC(CC)CC)cc(S(=O)(=O)O)c1. The topological polar surface area (TPSA) is 107 Å². The van der Waals surface area contributed by atoms with Crippen LogP contribution in [0.2, 0.25) is 0 Å². The van der Waals surface area contributed by atoms with Crippen molar-refractivity contribution in [3.63, 3.8) is 0 Å². The number of esters is 2. The summed E-state index contributed by atoms with van der Waals surface area (Å²) in [4.78, 5) is 24.1. The average Bonchev–Trinajstić information content (AvgIpc) is 2.62. The van der Waals surface area contributed by atoms with Gasteiger partial charge in [-0.25, -0.2) is 9.59 Å². The molecule has 0 aromatic heterocycles. The van der Waals surface area contributed by atoms with E-state index >= 15 is 0 Å². The summed E-state index contributed by atoms with van der Waals surface area (Å²) >= 11 is 0. The van der Waals surface area contributed by atoms with Gasteiger partial charge in [-0.2, -0.15) is 8.42 Å². The molecule has 0 aliphatic heterocycles. The molecule has 8 heteroatoms. The summed E-state index contributed by atoms with van der Waals surface area (Å²) in [5.41, 5.74) is -0.271. The molecular formula is C18H26O7S. The van der Waals surface area contributed by atoms with Crippen LogP contribution < -0.4 is 0 Å². The lowest BCUT2D eigenvalue weighted by Gasteiger charge is -2.16. The summed E-state index contributed by atoms with van der Waals surface area (Å²) in [6, 6.07) is 3.17. The Labute approximate surface area is 154 Å². The molecule has 1 aromatic carbocycles. The summed E-state index contributed by atoms with van der Waals surface area (Å²) in [5, 5.41) is 0. The fraction of sp³-hybridized carbons (Fsp3) is 0.556. The lowest BCUT2D eigenvalue weighted by atomic mass is 10.1. The van der Waals surface area contributed by atoms with E-state index in [1.165, 1.54) is 6.07 Å². The molecule has 1 aromatic rings. The Balaban J connectivity index is 3.27. The van der Waals surface area contributed by atoms with E-state index in [0.717, 1.165) is 12.1 Å². The van der Waals surface area contributed by atoms with E-state index in [2.05, 4.69) is 0 Å². The zero-order chi connectivity index (χ0) is 19.9. The van der Waals surface area contributed by atoms with E-state index in [1.54, 1.807) is 0 Å². The first-order chi connectivity index (χ1) is 12.2. The van der Waals surface area contributed by atoms with Crippen LogP contribution in [0.3, 0.4) is 0 Å². The molecule has 7 nitrogen and oxygen atoms in total. The van der Waals surface area contributed by atoms with Gasteiger partial charge in [0, 0.05) is 0 Å². The van der Waals surface area contributed by atoms with Crippen LogP contribution in [0.15, 0.2) is 23.1 Å². The highest BCUT2D eigenvalue weighted by Crippen LogP contribution is 2.19.